The monoisotopic (exact) mass is 210 g/mol. The van der Waals surface area contributed by atoms with Gasteiger partial charge in [-0.1, -0.05) is 19.3 Å². The van der Waals surface area contributed by atoms with Crippen LogP contribution >= 0.6 is 11.3 Å². The molecular weight excluding hydrogens is 192 g/mol. The molecule has 3 heteroatoms. The van der Waals surface area contributed by atoms with Gasteiger partial charge in [-0.15, -0.1) is 11.3 Å². The number of aryl methyl sites for hydroxylation is 1. The Hall–Kier alpha value is -0.410. The Kier molecular flexibility index (Phi) is 3.19. The van der Waals surface area contributed by atoms with Crippen molar-refractivity contribution in [3.8, 4) is 0 Å². The first kappa shape index (κ1) is 10.1. The maximum atomic E-state index is 5.66. The molecule has 0 radical (unpaired) electrons. The molecule has 1 heterocycles. The second-order valence-corrected chi connectivity index (χ2v) is 5.21. The molecule has 2 N–H and O–H groups in total. The lowest BCUT2D eigenvalue weighted by Gasteiger charge is -2.18. The smallest absolute Gasteiger partial charge is 0.0962 e. The highest BCUT2D eigenvalue weighted by molar-refractivity contribution is 7.11. The van der Waals surface area contributed by atoms with Crippen LogP contribution < -0.4 is 5.73 Å². The lowest BCUT2D eigenvalue weighted by atomic mass is 9.90. The van der Waals surface area contributed by atoms with Crippen LogP contribution in [-0.2, 0) is 6.54 Å². The second kappa shape index (κ2) is 4.41. The fourth-order valence-electron chi connectivity index (χ4n) is 2.16. The zero-order chi connectivity index (χ0) is 9.97. The predicted molar refractivity (Wildman–Crippen MR) is 60.6 cm³/mol. The molecule has 2 nitrogen and oxygen atoms in total. The lowest BCUT2D eigenvalue weighted by molar-refractivity contribution is 0.442. The molecule has 0 spiro atoms. The third-order valence-corrected chi connectivity index (χ3v) is 4.39. The number of nitrogens with two attached hydrogens (primary N) is 1. The van der Waals surface area contributed by atoms with E-state index < -0.39 is 0 Å². The first-order valence-electron chi connectivity index (χ1n) is 5.47. The van der Waals surface area contributed by atoms with Gasteiger partial charge in [-0.25, -0.2) is 4.98 Å². The molecule has 1 aliphatic carbocycles. The van der Waals surface area contributed by atoms with Gasteiger partial charge in [0.1, 0.15) is 0 Å². The average Bonchev–Trinajstić information content (AvgIpc) is 2.61. The molecular formula is C11H18N2S. The van der Waals surface area contributed by atoms with E-state index in [-0.39, 0.29) is 0 Å². The minimum atomic E-state index is 0.649. The molecule has 0 aliphatic heterocycles. The van der Waals surface area contributed by atoms with Crippen LogP contribution in [0.15, 0.2) is 0 Å². The molecule has 1 saturated carbocycles. The largest absolute Gasteiger partial charge is 0.326 e. The number of nitrogens with zero attached hydrogens (tertiary/aromatic N) is 1. The first-order valence-corrected chi connectivity index (χ1v) is 6.29. The van der Waals surface area contributed by atoms with Gasteiger partial charge in [0.25, 0.3) is 0 Å². The number of hydrogen-bond acceptors (Lipinski definition) is 3. The van der Waals surface area contributed by atoms with Crippen LogP contribution in [0.4, 0.5) is 0 Å². The van der Waals surface area contributed by atoms with Crippen molar-refractivity contribution in [3.63, 3.8) is 0 Å². The first-order chi connectivity index (χ1) is 6.81. The molecule has 0 bridgehead atoms. The molecule has 1 aromatic rings. The number of hydrogen-bond donors (Lipinski definition) is 1. The summed E-state index contributed by atoms with van der Waals surface area (Å²) in [5.41, 5.74) is 6.81. The summed E-state index contributed by atoms with van der Waals surface area (Å²) in [5.74, 6) is 0.729. The third-order valence-electron chi connectivity index (χ3n) is 3.05. The van der Waals surface area contributed by atoms with E-state index >= 15 is 0 Å². The molecule has 78 valence electrons. The number of rotatable bonds is 2. The summed E-state index contributed by atoms with van der Waals surface area (Å²) < 4.78 is 0. The van der Waals surface area contributed by atoms with Gasteiger partial charge in [-0.2, -0.15) is 0 Å². The van der Waals surface area contributed by atoms with Crippen LogP contribution in [0.3, 0.4) is 0 Å². The standard InChI is InChI=1S/C11H18N2S/c1-8-10(7-12)14-11(13-8)9-5-3-2-4-6-9/h9H,2-7,12H2,1H3. The summed E-state index contributed by atoms with van der Waals surface area (Å²) in [6, 6.07) is 0. The van der Waals surface area contributed by atoms with Gasteiger partial charge in [0.05, 0.1) is 10.7 Å². The van der Waals surface area contributed by atoms with Crippen LogP contribution in [0, 0.1) is 6.92 Å². The zero-order valence-corrected chi connectivity index (χ0v) is 9.57. The Balaban J connectivity index is 2.14. The number of aromatic nitrogens is 1. The van der Waals surface area contributed by atoms with Gasteiger partial charge in [0.15, 0.2) is 0 Å². The highest BCUT2D eigenvalue weighted by atomic mass is 32.1. The highest BCUT2D eigenvalue weighted by Crippen LogP contribution is 2.35. The van der Waals surface area contributed by atoms with Crippen molar-refractivity contribution in [2.24, 2.45) is 5.73 Å². The molecule has 1 fully saturated rings. The molecule has 2 rings (SSSR count). The minimum Gasteiger partial charge on any atom is -0.326 e. The van der Waals surface area contributed by atoms with Gasteiger partial charge in [0.2, 0.25) is 0 Å². The molecule has 0 unspecified atom stereocenters. The molecule has 14 heavy (non-hydrogen) atoms. The summed E-state index contributed by atoms with van der Waals surface area (Å²) in [5, 5.41) is 1.34. The van der Waals surface area contributed by atoms with E-state index in [1.54, 1.807) is 0 Å². The van der Waals surface area contributed by atoms with E-state index in [9.17, 15) is 0 Å². The van der Waals surface area contributed by atoms with Gasteiger partial charge in [0, 0.05) is 17.3 Å². The van der Waals surface area contributed by atoms with Crippen molar-refractivity contribution in [1.29, 1.82) is 0 Å². The summed E-state index contributed by atoms with van der Waals surface area (Å²) in [6.07, 6.45) is 6.82. The lowest BCUT2D eigenvalue weighted by Crippen LogP contribution is -2.03. The quantitative estimate of drug-likeness (QED) is 0.815. The minimum absolute atomic E-state index is 0.649. The van der Waals surface area contributed by atoms with Gasteiger partial charge >= 0.3 is 0 Å². The maximum absolute atomic E-state index is 5.66. The van der Waals surface area contributed by atoms with Crippen LogP contribution in [0.5, 0.6) is 0 Å². The van der Waals surface area contributed by atoms with E-state index in [0.29, 0.717) is 6.54 Å². The Bertz CT molecular complexity index is 300. The van der Waals surface area contributed by atoms with Crippen LogP contribution in [0.1, 0.15) is 53.6 Å². The molecule has 0 atom stereocenters. The van der Waals surface area contributed by atoms with Crippen molar-refractivity contribution in [3.05, 3.63) is 15.6 Å². The fourth-order valence-corrected chi connectivity index (χ4v) is 3.28. The topological polar surface area (TPSA) is 38.9 Å². The molecule has 0 saturated heterocycles. The van der Waals surface area contributed by atoms with Crippen molar-refractivity contribution in [2.45, 2.75) is 51.5 Å². The van der Waals surface area contributed by atoms with Crippen molar-refractivity contribution >= 4 is 11.3 Å². The summed E-state index contributed by atoms with van der Waals surface area (Å²) in [6.45, 7) is 2.72. The predicted octanol–water partition coefficient (Wildman–Crippen LogP) is 2.96. The summed E-state index contributed by atoms with van der Waals surface area (Å²) in [7, 11) is 0. The van der Waals surface area contributed by atoms with Crippen LogP contribution in [-0.4, -0.2) is 4.98 Å². The number of thiazole rings is 1. The van der Waals surface area contributed by atoms with E-state index in [1.165, 1.54) is 42.0 Å². The summed E-state index contributed by atoms with van der Waals surface area (Å²) in [4.78, 5) is 5.91. The van der Waals surface area contributed by atoms with Gasteiger partial charge in [-0.3, -0.25) is 0 Å². The Morgan fingerprint density at radius 2 is 2.07 bits per heavy atom. The Labute approximate surface area is 89.5 Å². The third kappa shape index (κ3) is 1.98. The normalized spacial score (nSPS) is 18.7. The van der Waals surface area contributed by atoms with Crippen molar-refractivity contribution < 1.29 is 0 Å². The van der Waals surface area contributed by atoms with Gasteiger partial charge < -0.3 is 5.73 Å². The van der Waals surface area contributed by atoms with E-state index in [0.717, 1.165) is 11.6 Å². The Morgan fingerprint density at radius 3 is 2.64 bits per heavy atom. The van der Waals surface area contributed by atoms with Gasteiger partial charge in [-0.05, 0) is 19.8 Å². The fraction of sp³-hybridized carbons (Fsp3) is 0.727. The van der Waals surface area contributed by atoms with Crippen LogP contribution in [0.25, 0.3) is 0 Å². The molecule has 0 aromatic carbocycles. The SMILES string of the molecule is Cc1nc(C2CCCCC2)sc1CN. The zero-order valence-electron chi connectivity index (χ0n) is 8.75. The van der Waals surface area contributed by atoms with Crippen molar-refractivity contribution in [1.82, 2.24) is 4.98 Å². The van der Waals surface area contributed by atoms with E-state index in [4.69, 9.17) is 5.73 Å². The van der Waals surface area contributed by atoms with Crippen LogP contribution in [0.2, 0.25) is 0 Å². The molecule has 0 amide bonds. The second-order valence-electron chi connectivity index (χ2n) is 4.10. The highest BCUT2D eigenvalue weighted by Gasteiger charge is 2.19. The Morgan fingerprint density at radius 1 is 1.36 bits per heavy atom. The van der Waals surface area contributed by atoms with Crippen molar-refractivity contribution in [2.75, 3.05) is 0 Å². The molecule has 1 aromatic heterocycles. The van der Waals surface area contributed by atoms with E-state index in [1.807, 2.05) is 11.3 Å². The average molecular weight is 210 g/mol. The maximum Gasteiger partial charge on any atom is 0.0962 e. The van der Waals surface area contributed by atoms with E-state index in [2.05, 4.69) is 11.9 Å². The summed E-state index contributed by atoms with van der Waals surface area (Å²) >= 11 is 1.83. The molecule has 1 aliphatic rings.